The summed E-state index contributed by atoms with van der Waals surface area (Å²) in [5.74, 6) is -1.62. The Labute approximate surface area is 153 Å². The molecule has 1 N–H and O–H groups in total. The lowest BCUT2D eigenvalue weighted by Crippen LogP contribution is -2.27. The van der Waals surface area contributed by atoms with Gasteiger partial charge in [-0.3, -0.25) is 9.69 Å². The lowest BCUT2D eigenvalue weighted by molar-refractivity contribution is -0.122. The van der Waals surface area contributed by atoms with Crippen molar-refractivity contribution in [1.82, 2.24) is 4.90 Å². The Hall–Kier alpha value is -2.51. The summed E-state index contributed by atoms with van der Waals surface area (Å²) in [5.41, 5.74) is 1.54. The molecular formula is C18H12FNO3S2. The first-order chi connectivity index (χ1) is 11.9. The molecule has 0 aliphatic carbocycles. The van der Waals surface area contributed by atoms with Crippen molar-refractivity contribution >= 4 is 46.3 Å². The van der Waals surface area contributed by atoms with E-state index in [0.29, 0.717) is 20.4 Å². The molecule has 2 aromatic carbocycles. The SMILES string of the molecule is O=C(O)c1ccc(/C=C2\SC(=S)N(Cc3cccc(F)c3)C2=O)cc1. The normalized spacial score (nSPS) is 15.9. The van der Waals surface area contributed by atoms with Crippen LogP contribution in [0.5, 0.6) is 0 Å². The largest absolute Gasteiger partial charge is 0.478 e. The molecule has 0 unspecified atom stereocenters. The first kappa shape index (κ1) is 17.3. The highest BCUT2D eigenvalue weighted by Gasteiger charge is 2.32. The van der Waals surface area contributed by atoms with Gasteiger partial charge in [-0.15, -0.1) is 0 Å². The van der Waals surface area contributed by atoms with Crippen LogP contribution in [0.1, 0.15) is 21.5 Å². The number of hydrogen-bond donors (Lipinski definition) is 1. The second kappa shape index (κ2) is 7.16. The first-order valence-corrected chi connectivity index (χ1v) is 8.50. The van der Waals surface area contributed by atoms with Crippen LogP contribution in [-0.4, -0.2) is 26.2 Å². The molecule has 4 nitrogen and oxygen atoms in total. The van der Waals surface area contributed by atoms with Crippen LogP contribution >= 0.6 is 24.0 Å². The van der Waals surface area contributed by atoms with Gasteiger partial charge < -0.3 is 5.11 Å². The third-order valence-electron chi connectivity index (χ3n) is 3.56. The maximum Gasteiger partial charge on any atom is 0.335 e. The predicted molar refractivity (Wildman–Crippen MR) is 98.5 cm³/mol. The highest BCUT2D eigenvalue weighted by molar-refractivity contribution is 8.26. The van der Waals surface area contributed by atoms with Crippen molar-refractivity contribution in [3.05, 3.63) is 75.9 Å². The summed E-state index contributed by atoms with van der Waals surface area (Å²) in [7, 11) is 0. The number of rotatable bonds is 4. The summed E-state index contributed by atoms with van der Waals surface area (Å²) >= 11 is 6.42. The molecule has 1 aliphatic rings. The quantitative estimate of drug-likeness (QED) is 0.650. The summed E-state index contributed by atoms with van der Waals surface area (Å²) in [4.78, 5) is 25.3. The summed E-state index contributed by atoms with van der Waals surface area (Å²) in [6.45, 7) is 0.206. The highest BCUT2D eigenvalue weighted by Crippen LogP contribution is 2.33. The van der Waals surface area contributed by atoms with Crippen molar-refractivity contribution < 1.29 is 19.1 Å². The number of amides is 1. The highest BCUT2D eigenvalue weighted by atomic mass is 32.2. The smallest absolute Gasteiger partial charge is 0.335 e. The lowest BCUT2D eigenvalue weighted by Gasteiger charge is -2.14. The van der Waals surface area contributed by atoms with E-state index in [-0.39, 0.29) is 23.8 Å². The number of benzene rings is 2. The number of thiocarbonyl (C=S) groups is 1. The van der Waals surface area contributed by atoms with Crippen LogP contribution in [0, 0.1) is 5.82 Å². The molecule has 1 amide bonds. The van der Waals surface area contributed by atoms with Crippen molar-refractivity contribution in [2.45, 2.75) is 6.54 Å². The average molecular weight is 373 g/mol. The minimum Gasteiger partial charge on any atom is -0.478 e. The molecule has 7 heteroatoms. The van der Waals surface area contributed by atoms with E-state index >= 15 is 0 Å². The number of aromatic carboxylic acids is 1. The van der Waals surface area contributed by atoms with Crippen LogP contribution in [0.2, 0.25) is 0 Å². The van der Waals surface area contributed by atoms with Gasteiger partial charge >= 0.3 is 5.97 Å². The van der Waals surface area contributed by atoms with Gasteiger partial charge in [-0.25, -0.2) is 9.18 Å². The third kappa shape index (κ3) is 3.94. The zero-order chi connectivity index (χ0) is 18.0. The van der Waals surface area contributed by atoms with Crippen molar-refractivity contribution in [2.24, 2.45) is 0 Å². The van der Waals surface area contributed by atoms with Crippen LogP contribution in [-0.2, 0) is 11.3 Å². The Morgan fingerprint density at radius 1 is 1.24 bits per heavy atom. The minimum absolute atomic E-state index is 0.177. The van der Waals surface area contributed by atoms with Crippen LogP contribution < -0.4 is 0 Å². The van der Waals surface area contributed by atoms with Crippen LogP contribution in [0.4, 0.5) is 4.39 Å². The summed E-state index contributed by atoms with van der Waals surface area (Å²) in [6.07, 6.45) is 1.66. The first-order valence-electron chi connectivity index (χ1n) is 7.27. The number of carboxylic acids is 1. The van der Waals surface area contributed by atoms with Crippen LogP contribution in [0.25, 0.3) is 6.08 Å². The Balaban J connectivity index is 1.79. The fourth-order valence-electron chi connectivity index (χ4n) is 2.33. The van der Waals surface area contributed by atoms with Crippen molar-refractivity contribution in [1.29, 1.82) is 0 Å². The number of hydrogen-bond acceptors (Lipinski definition) is 4. The molecule has 0 aromatic heterocycles. The van der Waals surface area contributed by atoms with Crippen molar-refractivity contribution in [3.8, 4) is 0 Å². The van der Waals surface area contributed by atoms with Crippen LogP contribution in [0.3, 0.4) is 0 Å². The van der Waals surface area contributed by atoms with Gasteiger partial charge in [0.15, 0.2) is 0 Å². The molecule has 0 atom stereocenters. The van der Waals surface area contributed by atoms with Crippen molar-refractivity contribution in [2.75, 3.05) is 0 Å². The van der Waals surface area contributed by atoms with Gasteiger partial charge in [0.25, 0.3) is 5.91 Å². The molecular weight excluding hydrogens is 361 g/mol. The van der Waals surface area contributed by atoms with E-state index in [1.807, 2.05) is 0 Å². The lowest BCUT2D eigenvalue weighted by atomic mass is 10.1. The van der Waals surface area contributed by atoms with Gasteiger partial charge in [-0.05, 0) is 41.5 Å². The molecule has 0 spiro atoms. The van der Waals surface area contributed by atoms with Crippen LogP contribution in [0.15, 0.2) is 53.4 Å². The zero-order valence-electron chi connectivity index (χ0n) is 12.8. The molecule has 0 saturated carbocycles. The second-order valence-corrected chi connectivity index (χ2v) is 7.00. The van der Waals surface area contributed by atoms with E-state index in [2.05, 4.69) is 0 Å². The number of carbonyl (C=O) groups is 2. The molecule has 25 heavy (non-hydrogen) atoms. The maximum atomic E-state index is 13.3. The minimum atomic E-state index is -1.01. The van der Waals surface area contributed by atoms with Gasteiger partial charge in [0.1, 0.15) is 10.1 Å². The fraction of sp³-hybridized carbons (Fsp3) is 0.0556. The Morgan fingerprint density at radius 3 is 2.60 bits per heavy atom. The van der Waals surface area contributed by atoms with Gasteiger partial charge in [-0.1, -0.05) is 48.2 Å². The van der Waals surface area contributed by atoms with E-state index in [1.165, 1.54) is 40.9 Å². The predicted octanol–water partition coefficient (Wildman–Crippen LogP) is 3.93. The summed E-state index contributed by atoms with van der Waals surface area (Å²) in [6, 6.07) is 12.2. The van der Waals surface area contributed by atoms with Gasteiger partial charge in [-0.2, -0.15) is 0 Å². The van der Waals surface area contributed by atoms with Gasteiger partial charge in [0, 0.05) is 0 Å². The zero-order valence-corrected chi connectivity index (χ0v) is 14.4. The van der Waals surface area contributed by atoms with E-state index in [9.17, 15) is 14.0 Å². The van der Waals surface area contributed by atoms with E-state index < -0.39 is 5.97 Å². The fourth-order valence-corrected chi connectivity index (χ4v) is 3.58. The van der Waals surface area contributed by atoms with Gasteiger partial charge in [0.05, 0.1) is 17.0 Å². The van der Waals surface area contributed by atoms with Gasteiger partial charge in [0.2, 0.25) is 0 Å². The molecule has 1 heterocycles. The standard InChI is InChI=1S/C18H12FNO3S2/c19-14-3-1-2-12(8-14)10-20-16(21)15(25-18(20)24)9-11-4-6-13(7-5-11)17(22)23/h1-9H,10H2,(H,22,23)/b15-9-. The average Bonchev–Trinajstić information content (AvgIpc) is 2.83. The van der Waals surface area contributed by atoms with E-state index in [0.717, 1.165) is 0 Å². The molecule has 2 aromatic rings. The molecule has 1 fully saturated rings. The maximum absolute atomic E-state index is 13.3. The third-order valence-corrected chi connectivity index (χ3v) is 4.94. The second-order valence-electron chi connectivity index (χ2n) is 5.32. The number of thioether (sulfide) groups is 1. The molecule has 0 radical (unpaired) electrons. The molecule has 1 saturated heterocycles. The molecule has 0 bridgehead atoms. The van der Waals surface area contributed by atoms with E-state index in [4.69, 9.17) is 17.3 Å². The number of carbonyl (C=O) groups excluding carboxylic acids is 1. The number of halogens is 1. The Bertz CT molecular complexity index is 893. The monoisotopic (exact) mass is 373 g/mol. The summed E-state index contributed by atoms with van der Waals surface area (Å²) < 4.78 is 13.7. The summed E-state index contributed by atoms with van der Waals surface area (Å²) in [5, 5.41) is 8.91. The Morgan fingerprint density at radius 2 is 1.96 bits per heavy atom. The Kier molecular flexibility index (Phi) is 4.96. The molecule has 126 valence electrons. The molecule has 3 rings (SSSR count). The number of nitrogens with zero attached hydrogens (tertiary/aromatic N) is 1. The molecule has 1 aliphatic heterocycles. The van der Waals surface area contributed by atoms with Crippen molar-refractivity contribution in [3.63, 3.8) is 0 Å². The van der Waals surface area contributed by atoms with E-state index in [1.54, 1.807) is 30.3 Å². The topological polar surface area (TPSA) is 57.6 Å². The number of carboxylic acid groups (broad SMARTS) is 1.